The Morgan fingerprint density at radius 2 is 2.24 bits per heavy atom. The Balaban J connectivity index is 0.000000686. The van der Waals surface area contributed by atoms with Gasteiger partial charge in [0.2, 0.25) is 0 Å². The Hall–Kier alpha value is -1.55. The van der Waals surface area contributed by atoms with Crippen molar-refractivity contribution in [3.63, 3.8) is 0 Å². The van der Waals surface area contributed by atoms with Crippen molar-refractivity contribution < 1.29 is 9.53 Å². The van der Waals surface area contributed by atoms with Gasteiger partial charge in [-0.3, -0.25) is 0 Å². The highest BCUT2D eigenvalue weighted by atomic mass is 35.5. The zero-order chi connectivity index (χ0) is 12.7. The van der Waals surface area contributed by atoms with Gasteiger partial charge in [-0.05, 0) is 11.6 Å². The molecule has 0 saturated carbocycles. The van der Waals surface area contributed by atoms with Crippen LogP contribution in [0.15, 0.2) is 30.1 Å². The van der Waals surface area contributed by atoms with Crippen molar-refractivity contribution in [3.8, 4) is 0 Å². The Morgan fingerprint density at radius 3 is 2.76 bits per heavy atom. The Morgan fingerprint density at radius 1 is 1.47 bits per heavy atom. The van der Waals surface area contributed by atoms with E-state index >= 15 is 0 Å². The van der Waals surface area contributed by atoms with E-state index in [9.17, 15) is 4.79 Å². The summed E-state index contributed by atoms with van der Waals surface area (Å²) in [6, 6.07) is 3.60. The summed E-state index contributed by atoms with van der Waals surface area (Å²) in [6.07, 6.45) is 3.14. The second-order valence-corrected chi connectivity index (χ2v) is 3.51. The van der Waals surface area contributed by atoms with Crippen LogP contribution in [0.1, 0.15) is 19.4 Å². The third-order valence-electron chi connectivity index (χ3n) is 1.97. The topological polar surface area (TPSA) is 51.2 Å². The highest BCUT2D eigenvalue weighted by Crippen LogP contribution is 2.07. The maximum Gasteiger partial charge on any atom is 0.333 e. The Bertz CT molecular complexity index is 401. The molecule has 1 aromatic heterocycles. The molecule has 0 aliphatic carbocycles. The third kappa shape index (κ3) is 4.44. The van der Waals surface area contributed by atoms with Crippen molar-refractivity contribution >= 4 is 17.6 Å². The van der Waals surface area contributed by atoms with Crippen LogP contribution in [0.4, 0.5) is 0 Å². The van der Waals surface area contributed by atoms with Crippen LogP contribution in [-0.2, 0) is 16.1 Å². The first-order chi connectivity index (χ1) is 8.24. The molecule has 17 heavy (non-hydrogen) atoms. The van der Waals surface area contributed by atoms with E-state index in [1.54, 1.807) is 12.3 Å². The molecule has 0 amide bonds. The van der Waals surface area contributed by atoms with Crippen LogP contribution in [0.3, 0.4) is 0 Å². The minimum absolute atomic E-state index is 0.299. The first-order valence-corrected chi connectivity index (χ1v) is 5.83. The summed E-state index contributed by atoms with van der Waals surface area (Å²) in [5, 5.41) is 3.55. The summed E-state index contributed by atoms with van der Waals surface area (Å²) in [4.78, 5) is 14.7. The molecule has 0 saturated heterocycles. The van der Waals surface area contributed by atoms with Crippen molar-refractivity contribution in [3.05, 3.63) is 40.8 Å². The summed E-state index contributed by atoms with van der Waals surface area (Å²) in [6.45, 7) is 4.92. The quantitative estimate of drug-likeness (QED) is 0.664. The number of aromatic nitrogens is 1. The number of carbonyl (C=O) groups excluding carboxylic acids is 1. The number of hydrogen-bond acceptors (Lipinski definition) is 4. The SMILES string of the molecule is CC.O=C1C=C(NCc2ccc(Cl)nc2)CO1. The van der Waals surface area contributed by atoms with Gasteiger partial charge >= 0.3 is 5.97 Å². The molecular formula is C12H15ClN2O2. The molecule has 0 unspecified atom stereocenters. The molecule has 2 rings (SSSR count). The molecule has 0 radical (unpaired) electrons. The lowest BCUT2D eigenvalue weighted by Gasteiger charge is -2.05. The largest absolute Gasteiger partial charge is 0.456 e. The highest BCUT2D eigenvalue weighted by molar-refractivity contribution is 6.29. The van der Waals surface area contributed by atoms with Gasteiger partial charge in [-0.1, -0.05) is 31.5 Å². The van der Waals surface area contributed by atoms with E-state index in [0.29, 0.717) is 18.3 Å². The molecule has 0 atom stereocenters. The van der Waals surface area contributed by atoms with E-state index in [4.69, 9.17) is 16.3 Å². The Kier molecular flexibility index (Phi) is 5.49. The molecule has 2 heterocycles. The van der Waals surface area contributed by atoms with Crippen LogP contribution in [0.25, 0.3) is 0 Å². The van der Waals surface area contributed by atoms with Gasteiger partial charge in [-0.2, -0.15) is 0 Å². The van der Waals surface area contributed by atoms with Crippen molar-refractivity contribution in [2.75, 3.05) is 6.61 Å². The van der Waals surface area contributed by atoms with Crippen LogP contribution in [0.2, 0.25) is 5.15 Å². The second kappa shape index (κ2) is 6.91. The number of nitrogens with zero attached hydrogens (tertiary/aromatic N) is 1. The molecule has 0 bridgehead atoms. The van der Waals surface area contributed by atoms with Crippen LogP contribution < -0.4 is 5.32 Å². The smallest absolute Gasteiger partial charge is 0.333 e. The number of halogens is 1. The molecule has 1 N–H and O–H groups in total. The summed E-state index contributed by atoms with van der Waals surface area (Å²) < 4.78 is 4.74. The lowest BCUT2D eigenvalue weighted by atomic mass is 10.3. The molecular weight excluding hydrogens is 240 g/mol. The number of nitrogens with one attached hydrogen (secondary N) is 1. The first-order valence-electron chi connectivity index (χ1n) is 5.46. The molecule has 1 aromatic rings. The molecule has 1 aliphatic rings. The normalized spacial score (nSPS) is 13.4. The summed E-state index contributed by atoms with van der Waals surface area (Å²) in [5.74, 6) is -0.299. The average Bonchev–Trinajstić information content (AvgIpc) is 2.77. The predicted octanol–water partition coefficient (Wildman–Crippen LogP) is 2.29. The standard InChI is InChI=1S/C10H9ClN2O2.C2H6/c11-9-2-1-7(5-13-9)4-12-8-3-10(14)15-6-8;1-2/h1-3,5,12H,4,6H2;1-2H3. The number of esters is 1. The fourth-order valence-electron chi connectivity index (χ4n) is 1.20. The number of carbonyl (C=O) groups is 1. The monoisotopic (exact) mass is 254 g/mol. The Labute approximate surface area is 106 Å². The lowest BCUT2D eigenvalue weighted by molar-refractivity contribution is -0.134. The van der Waals surface area contributed by atoms with Gasteiger partial charge in [0.05, 0.1) is 5.70 Å². The maximum atomic E-state index is 10.7. The van der Waals surface area contributed by atoms with Crippen LogP contribution in [0.5, 0.6) is 0 Å². The van der Waals surface area contributed by atoms with Gasteiger partial charge in [0.15, 0.2) is 0 Å². The van der Waals surface area contributed by atoms with Gasteiger partial charge in [0.1, 0.15) is 11.8 Å². The predicted molar refractivity (Wildman–Crippen MR) is 66.5 cm³/mol. The van der Waals surface area contributed by atoms with Crippen molar-refractivity contribution in [2.45, 2.75) is 20.4 Å². The summed E-state index contributed by atoms with van der Waals surface area (Å²) in [7, 11) is 0. The molecule has 0 fully saturated rings. The van der Waals surface area contributed by atoms with E-state index in [2.05, 4.69) is 10.3 Å². The lowest BCUT2D eigenvalue weighted by Crippen LogP contribution is -2.13. The van der Waals surface area contributed by atoms with Gasteiger partial charge in [-0.15, -0.1) is 0 Å². The van der Waals surface area contributed by atoms with Gasteiger partial charge in [0.25, 0.3) is 0 Å². The zero-order valence-electron chi connectivity index (χ0n) is 9.87. The first kappa shape index (κ1) is 13.5. The van der Waals surface area contributed by atoms with Crippen molar-refractivity contribution in [1.82, 2.24) is 10.3 Å². The average molecular weight is 255 g/mol. The van der Waals surface area contributed by atoms with Gasteiger partial charge in [0, 0.05) is 18.8 Å². The molecule has 4 nitrogen and oxygen atoms in total. The van der Waals surface area contributed by atoms with Crippen molar-refractivity contribution in [2.24, 2.45) is 0 Å². The zero-order valence-corrected chi connectivity index (χ0v) is 10.6. The summed E-state index contributed by atoms with van der Waals surface area (Å²) >= 11 is 5.65. The number of ether oxygens (including phenoxy) is 1. The highest BCUT2D eigenvalue weighted by Gasteiger charge is 2.11. The van der Waals surface area contributed by atoms with Gasteiger partial charge in [-0.25, -0.2) is 9.78 Å². The molecule has 92 valence electrons. The van der Waals surface area contributed by atoms with E-state index in [1.807, 2.05) is 19.9 Å². The van der Waals surface area contributed by atoms with Crippen LogP contribution in [0, 0.1) is 0 Å². The minimum Gasteiger partial charge on any atom is -0.456 e. The van der Waals surface area contributed by atoms with E-state index < -0.39 is 0 Å². The molecule has 0 aromatic carbocycles. The number of cyclic esters (lactones) is 1. The van der Waals surface area contributed by atoms with E-state index in [-0.39, 0.29) is 5.97 Å². The van der Waals surface area contributed by atoms with Crippen molar-refractivity contribution in [1.29, 1.82) is 0 Å². The molecule has 1 aliphatic heterocycles. The summed E-state index contributed by atoms with van der Waals surface area (Å²) in [5.41, 5.74) is 1.79. The molecule has 5 heteroatoms. The number of pyridine rings is 1. The number of rotatable bonds is 3. The van der Waals surface area contributed by atoms with Crippen LogP contribution in [-0.4, -0.2) is 17.6 Å². The van der Waals surface area contributed by atoms with Gasteiger partial charge < -0.3 is 10.1 Å². The fraction of sp³-hybridized carbons (Fsp3) is 0.333. The second-order valence-electron chi connectivity index (χ2n) is 3.12. The number of hydrogen-bond donors (Lipinski definition) is 1. The van der Waals surface area contributed by atoms with E-state index in [1.165, 1.54) is 6.08 Å². The van der Waals surface area contributed by atoms with E-state index in [0.717, 1.165) is 11.3 Å². The third-order valence-corrected chi connectivity index (χ3v) is 2.19. The minimum atomic E-state index is -0.299. The maximum absolute atomic E-state index is 10.7. The van der Waals surface area contributed by atoms with Crippen LogP contribution >= 0.6 is 11.6 Å². The fourth-order valence-corrected chi connectivity index (χ4v) is 1.31. The molecule has 0 spiro atoms.